The summed E-state index contributed by atoms with van der Waals surface area (Å²) in [6.45, 7) is 10.8. The molecule has 3 rings (SSSR count). The topological polar surface area (TPSA) is 72.6 Å². The number of nitrogens with two attached hydrogens (primary N) is 1. The summed E-state index contributed by atoms with van der Waals surface area (Å²) in [5.41, 5.74) is 5.59. The molecule has 0 unspecified atom stereocenters. The third kappa shape index (κ3) is 10.1. The van der Waals surface area contributed by atoms with E-state index in [1.807, 2.05) is 37.8 Å². The first-order chi connectivity index (χ1) is 17.1. The summed E-state index contributed by atoms with van der Waals surface area (Å²) in [6.07, 6.45) is 5.74. The quantitative estimate of drug-likeness (QED) is 0.389. The molecule has 2 fully saturated rings. The number of hydrogen-bond donors (Lipinski definition) is 1. The fourth-order valence-corrected chi connectivity index (χ4v) is 4.16. The zero-order valence-electron chi connectivity index (χ0n) is 21.9. The molecule has 0 bridgehead atoms. The summed E-state index contributed by atoms with van der Waals surface area (Å²) in [5.74, 6) is -1.43. The third-order valence-corrected chi connectivity index (χ3v) is 6.32. The minimum absolute atomic E-state index is 0.105. The number of halogens is 3. The van der Waals surface area contributed by atoms with Crippen LogP contribution in [0.15, 0.2) is 49.1 Å². The average molecular weight is 511 g/mol. The molecule has 1 atom stereocenters. The smallest absolute Gasteiger partial charge is 0.404 e. The van der Waals surface area contributed by atoms with Crippen molar-refractivity contribution >= 4 is 12.0 Å². The van der Waals surface area contributed by atoms with Crippen molar-refractivity contribution in [2.75, 3.05) is 6.61 Å². The van der Waals surface area contributed by atoms with Crippen LogP contribution in [0, 0.1) is 5.92 Å². The molecule has 2 aliphatic rings. The molecule has 0 aliphatic heterocycles. The van der Waals surface area contributed by atoms with Gasteiger partial charge >= 0.3 is 12.3 Å². The van der Waals surface area contributed by atoms with Gasteiger partial charge in [0, 0.05) is 17.6 Å². The summed E-state index contributed by atoms with van der Waals surface area (Å²) >= 11 is 0. The summed E-state index contributed by atoms with van der Waals surface area (Å²) in [6, 6.07) is 6.11. The second kappa shape index (κ2) is 15.4. The van der Waals surface area contributed by atoms with E-state index in [1.54, 1.807) is 6.08 Å². The molecule has 1 aromatic rings. The molecule has 0 saturated heterocycles. The molecule has 2 saturated carbocycles. The Morgan fingerprint density at radius 2 is 1.58 bits per heavy atom. The molecule has 36 heavy (non-hydrogen) atoms. The molecule has 8 heteroatoms. The first-order valence-corrected chi connectivity index (χ1v) is 12.7. The van der Waals surface area contributed by atoms with Crippen molar-refractivity contribution < 1.29 is 27.5 Å². The Balaban J connectivity index is 0.000000826. The monoisotopic (exact) mass is 510 g/mol. The van der Waals surface area contributed by atoms with Crippen molar-refractivity contribution in [3.05, 3.63) is 60.2 Å². The molecule has 0 radical (unpaired) electrons. The number of alkyl halides is 3. The van der Waals surface area contributed by atoms with Gasteiger partial charge in [0.15, 0.2) is 0 Å². The van der Waals surface area contributed by atoms with Crippen LogP contribution in [-0.2, 0) is 4.74 Å². The zero-order chi connectivity index (χ0) is 27.3. The van der Waals surface area contributed by atoms with Gasteiger partial charge in [0.1, 0.15) is 0 Å². The van der Waals surface area contributed by atoms with Gasteiger partial charge in [-0.15, -0.1) is 0 Å². The summed E-state index contributed by atoms with van der Waals surface area (Å²) in [7, 11) is 0. The number of rotatable bonds is 7. The van der Waals surface area contributed by atoms with E-state index in [9.17, 15) is 22.8 Å². The molecule has 0 spiro atoms. The maximum Gasteiger partial charge on any atom is 0.404 e. The van der Waals surface area contributed by atoms with Crippen molar-refractivity contribution in [3.8, 4) is 0 Å². The molecule has 2 N–H and O–H groups in total. The van der Waals surface area contributed by atoms with Crippen LogP contribution in [0.4, 0.5) is 18.0 Å². The maximum absolute atomic E-state index is 13.1. The molecule has 1 aromatic carbocycles. The summed E-state index contributed by atoms with van der Waals surface area (Å²) in [5, 5.41) is 0. The third-order valence-electron chi connectivity index (χ3n) is 6.32. The number of amides is 2. The first-order valence-electron chi connectivity index (χ1n) is 12.7. The van der Waals surface area contributed by atoms with Gasteiger partial charge in [0.25, 0.3) is 5.91 Å². The number of nitrogens with zero attached hydrogens (tertiary/aromatic N) is 1. The predicted octanol–water partition coefficient (Wildman–Crippen LogP) is 7.39. The number of carbonyl (C=O) groups excluding carboxylic acids is 2. The fraction of sp³-hybridized carbons (Fsp3) is 0.571. The normalized spacial score (nSPS) is 20.2. The largest absolute Gasteiger partial charge is 0.449 e. The lowest BCUT2D eigenvalue weighted by molar-refractivity contribution is -0.146. The van der Waals surface area contributed by atoms with E-state index < -0.39 is 18.2 Å². The standard InChI is InChI=1S/C21H27F3N2O3.C5H8.C2H6/c1-13(21(22,23)24)15-4-6-16(7-5-15)19(27)26(18-10-11-18)17-8-2-14(3-9-17)12-29-20(25)28;1-3-5-4-2;1-2/h4-7,13-14,17-18H,2-3,8-12H2,1H3,(H2,25,28);3-5H,1H2,2H3;1-2H3/b;5-4-;/t13-,14?,17?;;/m1../s1. The van der Waals surface area contributed by atoms with Crippen LogP contribution in [0.3, 0.4) is 0 Å². The van der Waals surface area contributed by atoms with E-state index in [0.29, 0.717) is 12.2 Å². The van der Waals surface area contributed by atoms with Crippen molar-refractivity contribution in [3.63, 3.8) is 0 Å². The Bertz CT molecular complexity index is 841. The molecule has 5 nitrogen and oxygen atoms in total. The van der Waals surface area contributed by atoms with Crippen LogP contribution in [0.2, 0.25) is 0 Å². The van der Waals surface area contributed by atoms with Crippen molar-refractivity contribution in [2.45, 2.75) is 90.4 Å². The van der Waals surface area contributed by atoms with Crippen LogP contribution in [-0.4, -0.2) is 41.8 Å². The average Bonchev–Trinajstić information content (AvgIpc) is 3.70. The van der Waals surface area contributed by atoms with Gasteiger partial charge in [0.2, 0.25) is 0 Å². The van der Waals surface area contributed by atoms with Crippen LogP contribution in [0.1, 0.15) is 88.1 Å². The van der Waals surface area contributed by atoms with Gasteiger partial charge in [-0.2, -0.15) is 13.2 Å². The van der Waals surface area contributed by atoms with Gasteiger partial charge in [-0.25, -0.2) is 4.79 Å². The zero-order valence-corrected chi connectivity index (χ0v) is 21.9. The van der Waals surface area contributed by atoms with Crippen molar-refractivity contribution in [1.82, 2.24) is 4.90 Å². The lowest BCUT2D eigenvalue weighted by Gasteiger charge is -2.37. The summed E-state index contributed by atoms with van der Waals surface area (Å²) < 4.78 is 43.6. The van der Waals surface area contributed by atoms with E-state index >= 15 is 0 Å². The van der Waals surface area contributed by atoms with Crippen molar-refractivity contribution in [1.29, 1.82) is 0 Å². The van der Waals surface area contributed by atoms with Gasteiger partial charge in [-0.05, 0) is 76.0 Å². The Morgan fingerprint density at radius 3 is 1.94 bits per heavy atom. The SMILES string of the molecule is C=C/C=C\C.CC.C[C@H](c1ccc(C(=O)N(C2CCC(COC(N)=O)CC2)C2CC2)cc1)C(F)(F)F. The van der Waals surface area contributed by atoms with Gasteiger partial charge in [-0.1, -0.05) is 50.8 Å². The minimum atomic E-state index is -4.30. The van der Waals surface area contributed by atoms with Crippen LogP contribution < -0.4 is 5.73 Å². The Morgan fingerprint density at radius 1 is 1.08 bits per heavy atom. The van der Waals surface area contributed by atoms with E-state index in [-0.39, 0.29) is 29.5 Å². The Kier molecular flexibility index (Phi) is 13.3. The number of primary amides is 1. The fourth-order valence-electron chi connectivity index (χ4n) is 4.16. The molecule has 0 heterocycles. The number of hydrogen-bond acceptors (Lipinski definition) is 3. The van der Waals surface area contributed by atoms with Crippen LogP contribution in [0.5, 0.6) is 0 Å². The van der Waals surface area contributed by atoms with Gasteiger partial charge in [0.05, 0.1) is 12.5 Å². The lowest BCUT2D eigenvalue weighted by atomic mass is 9.85. The second-order valence-corrected chi connectivity index (χ2v) is 8.89. The van der Waals surface area contributed by atoms with E-state index in [2.05, 4.69) is 6.58 Å². The van der Waals surface area contributed by atoms with Crippen LogP contribution >= 0.6 is 0 Å². The Labute approximate surface area is 213 Å². The molecular formula is C28H41F3N2O3. The van der Waals surface area contributed by atoms with Crippen LogP contribution in [0.25, 0.3) is 0 Å². The minimum Gasteiger partial charge on any atom is -0.449 e. The predicted molar refractivity (Wildman–Crippen MR) is 138 cm³/mol. The highest BCUT2D eigenvalue weighted by molar-refractivity contribution is 5.95. The number of benzene rings is 1. The maximum atomic E-state index is 13.1. The van der Waals surface area contributed by atoms with Gasteiger partial charge < -0.3 is 15.4 Å². The lowest BCUT2D eigenvalue weighted by Crippen LogP contribution is -2.44. The number of ether oxygens (including phenoxy) is 1. The molecule has 2 aliphatic carbocycles. The van der Waals surface area contributed by atoms with Gasteiger partial charge in [-0.3, -0.25) is 4.79 Å². The number of carbonyl (C=O) groups is 2. The molecule has 0 aromatic heterocycles. The first kappa shape index (κ1) is 31.3. The highest BCUT2D eigenvalue weighted by atomic mass is 19.4. The van der Waals surface area contributed by atoms with E-state index in [1.165, 1.54) is 24.3 Å². The highest BCUT2D eigenvalue weighted by Crippen LogP contribution is 2.37. The molecule has 202 valence electrons. The van der Waals surface area contributed by atoms with E-state index in [0.717, 1.165) is 45.4 Å². The number of allylic oxidation sites excluding steroid dienone is 3. The second-order valence-electron chi connectivity index (χ2n) is 8.89. The highest BCUT2D eigenvalue weighted by Gasteiger charge is 2.40. The molecule has 2 amide bonds. The Hall–Kier alpha value is -2.77. The van der Waals surface area contributed by atoms with E-state index in [4.69, 9.17) is 10.5 Å². The van der Waals surface area contributed by atoms with Crippen molar-refractivity contribution in [2.24, 2.45) is 11.7 Å². The summed E-state index contributed by atoms with van der Waals surface area (Å²) in [4.78, 5) is 25.8. The molecular weight excluding hydrogens is 469 g/mol.